The molecule has 1 aromatic carbocycles. The molecule has 2 N–H and O–H groups in total. The molecule has 0 bridgehead atoms. The Bertz CT molecular complexity index is 986. The van der Waals surface area contributed by atoms with Crippen molar-refractivity contribution in [1.29, 1.82) is 0 Å². The molecule has 0 spiro atoms. The first-order chi connectivity index (χ1) is 15.1. The molecule has 9 heteroatoms. The number of nitrogens with zero attached hydrogens (tertiary/aromatic N) is 3. The van der Waals surface area contributed by atoms with Crippen LogP contribution in [0, 0.1) is 13.8 Å². The summed E-state index contributed by atoms with van der Waals surface area (Å²) >= 11 is 0. The highest BCUT2D eigenvalue weighted by Crippen LogP contribution is 2.25. The number of rotatable bonds is 9. The zero-order valence-corrected chi connectivity index (χ0v) is 21.2. The van der Waals surface area contributed by atoms with Gasteiger partial charge in [0.2, 0.25) is 11.8 Å². The van der Waals surface area contributed by atoms with E-state index in [1.807, 2.05) is 50.2 Å². The zero-order chi connectivity index (χ0) is 22.1. The fourth-order valence-corrected chi connectivity index (χ4v) is 2.76. The quantitative estimate of drug-likeness (QED) is 0.225. The molecule has 0 amide bonds. The molecule has 2 heterocycles. The normalized spacial score (nSPS) is 10.9. The Balaban J connectivity index is 0.00000363. The number of nitrogens with one attached hydrogen (secondary N) is 2. The van der Waals surface area contributed by atoms with Crippen molar-refractivity contribution >= 4 is 29.9 Å². The first-order valence-corrected chi connectivity index (χ1v) is 10.3. The number of pyridine rings is 1. The summed E-state index contributed by atoms with van der Waals surface area (Å²) in [7, 11) is 1.71. The molecule has 0 aliphatic rings. The molecule has 8 nitrogen and oxygen atoms in total. The monoisotopic (exact) mass is 551 g/mol. The highest BCUT2D eigenvalue weighted by atomic mass is 127. The molecule has 0 aliphatic heterocycles. The lowest BCUT2D eigenvalue weighted by Gasteiger charge is -2.13. The van der Waals surface area contributed by atoms with Crippen LogP contribution in [0.3, 0.4) is 0 Å². The second-order valence-corrected chi connectivity index (χ2v) is 6.92. The van der Waals surface area contributed by atoms with E-state index in [0.29, 0.717) is 43.2 Å². The van der Waals surface area contributed by atoms with Crippen molar-refractivity contribution in [1.82, 2.24) is 20.6 Å². The van der Waals surface area contributed by atoms with Gasteiger partial charge in [0.05, 0.1) is 18.8 Å². The van der Waals surface area contributed by atoms with E-state index in [1.54, 1.807) is 13.2 Å². The third kappa shape index (κ3) is 7.40. The van der Waals surface area contributed by atoms with Crippen LogP contribution in [0.2, 0.25) is 0 Å². The highest BCUT2D eigenvalue weighted by molar-refractivity contribution is 14.0. The molecule has 0 aliphatic carbocycles. The first-order valence-electron chi connectivity index (χ1n) is 10.3. The van der Waals surface area contributed by atoms with E-state index in [2.05, 4.69) is 32.5 Å². The summed E-state index contributed by atoms with van der Waals surface area (Å²) in [5.41, 5.74) is 1.79. The van der Waals surface area contributed by atoms with Crippen LogP contribution in [0.25, 0.3) is 0 Å². The van der Waals surface area contributed by atoms with Crippen molar-refractivity contribution in [2.45, 2.75) is 40.3 Å². The maximum absolute atomic E-state index is 5.99. The number of hydrogen-bond donors (Lipinski definition) is 2. The second kappa shape index (κ2) is 12.9. The highest BCUT2D eigenvalue weighted by Gasteiger charge is 2.09. The van der Waals surface area contributed by atoms with E-state index in [9.17, 15) is 0 Å². The summed E-state index contributed by atoms with van der Waals surface area (Å²) in [5.74, 6) is 4.12. The third-order valence-electron chi connectivity index (χ3n) is 4.51. The number of hydrogen-bond acceptors (Lipinski definition) is 6. The smallest absolute Gasteiger partial charge is 0.224 e. The van der Waals surface area contributed by atoms with Crippen molar-refractivity contribution in [2.24, 2.45) is 4.99 Å². The van der Waals surface area contributed by atoms with Gasteiger partial charge in [-0.1, -0.05) is 13.0 Å². The summed E-state index contributed by atoms with van der Waals surface area (Å²) in [4.78, 5) is 13.0. The largest absolute Gasteiger partial charge is 0.494 e. The van der Waals surface area contributed by atoms with Crippen molar-refractivity contribution in [3.05, 3.63) is 65.5 Å². The molecule has 0 atom stereocenters. The Morgan fingerprint density at radius 3 is 2.44 bits per heavy atom. The molecule has 0 radical (unpaired) electrons. The van der Waals surface area contributed by atoms with E-state index in [1.165, 1.54) is 0 Å². The van der Waals surface area contributed by atoms with Crippen LogP contribution >= 0.6 is 24.0 Å². The average molecular weight is 551 g/mol. The topological polar surface area (TPSA) is 93.8 Å². The van der Waals surface area contributed by atoms with E-state index in [0.717, 1.165) is 29.2 Å². The van der Waals surface area contributed by atoms with Crippen LogP contribution in [0.1, 0.15) is 36.3 Å². The number of halogens is 1. The van der Waals surface area contributed by atoms with Crippen molar-refractivity contribution < 1.29 is 13.9 Å². The number of aliphatic imine (C=N–C) groups is 1. The molecule has 0 saturated heterocycles. The maximum atomic E-state index is 5.99. The van der Waals surface area contributed by atoms with Crippen LogP contribution < -0.4 is 20.1 Å². The Morgan fingerprint density at radius 1 is 1.06 bits per heavy atom. The van der Waals surface area contributed by atoms with Gasteiger partial charge in [0, 0.05) is 25.4 Å². The van der Waals surface area contributed by atoms with Gasteiger partial charge in [-0.15, -0.1) is 24.0 Å². The van der Waals surface area contributed by atoms with Crippen molar-refractivity contribution in [2.75, 3.05) is 13.7 Å². The number of aryl methyl sites for hydroxylation is 2. The zero-order valence-electron chi connectivity index (χ0n) is 18.8. The minimum atomic E-state index is 0. The number of guanidine groups is 1. The summed E-state index contributed by atoms with van der Waals surface area (Å²) in [6.07, 6.45) is 2.68. The van der Waals surface area contributed by atoms with Crippen LogP contribution in [0.5, 0.6) is 17.4 Å². The van der Waals surface area contributed by atoms with E-state index in [4.69, 9.17) is 13.9 Å². The fraction of sp³-hybridized carbons (Fsp3) is 0.348. The van der Waals surface area contributed by atoms with Crippen molar-refractivity contribution in [3.63, 3.8) is 0 Å². The number of ether oxygens (including phenoxy) is 2. The van der Waals surface area contributed by atoms with Gasteiger partial charge in [0.25, 0.3) is 0 Å². The Labute approximate surface area is 205 Å². The van der Waals surface area contributed by atoms with Gasteiger partial charge in [0.1, 0.15) is 17.3 Å². The minimum Gasteiger partial charge on any atom is -0.494 e. The van der Waals surface area contributed by atoms with Gasteiger partial charge in [-0.05, 0) is 50.6 Å². The lowest BCUT2D eigenvalue weighted by molar-refractivity contribution is 0.317. The lowest BCUT2D eigenvalue weighted by Crippen LogP contribution is -2.36. The predicted octanol–water partition coefficient (Wildman–Crippen LogP) is 4.75. The molecular formula is C23H30IN5O3. The van der Waals surface area contributed by atoms with E-state index < -0.39 is 0 Å². The molecular weight excluding hydrogens is 521 g/mol. The van der Waals surface area contributed by atoms with Gasteiger partial charge in [-0.25, -0.2) is 9.97 Å². The van der Waals surface area contributed by atoms with Gasteiger partial charge in [-0.3, -0.25) is 4.99 Å². The van der Waals surface area contributed by atoms with Gasteiger partial charge >= 0.3 is 0 Å². The molecule has 0 unspecified atom stereocenters. The van der Waals surface area contributed by atoms with E-state index >= 15 is 0 Å². The molecule has 32 heavy (non-hydrogen) atoms. The van der Waals surface area contributed by atoms with Crippen molar-refractivity contribution in [3.8, 4) is 17.4 Å². The summed E-state index contributed by atoms with van der Waals surface area (Å²) in [6, 6.07) is 11.4. The molecule has 3 rings (SSSR count). The fourth-order valence-electron chi connectivity index (χ4n) is 2.76. The SMILES string of the molecule is CCCOc1ccc(Oc2ncccc2CNC(=NC)NCc2nc(C)c(C)o2)cc1.I. The number of benzene rings is 1. The molecule has 172 valence electrons. The lowest BCUT2D eigenvalue weighted by atomic mass is 10.2. The minimum absolute atomic E-state index is 0. The van der Waals surface area contributed by atoms with Crippen LogP contribution in [-0.2, 0) is 13.1 Å². The summed E-state index contributed by atoms with van der Waals surface area (Å²) in [5, 5.41) is 6.46. The third-order valence-corrected chi connectivity index (χ3v) is 4.51. The van der Waals surface area contributed by atoms with Gasteiger partial charge < -0.3 is 24.5 Å². The van der Waals surface area contributed by atoms with Crippen LogP contribution in [0.4, 0.5) is 0 Å². The second-order valence-electron chi connectivity index (χ2n) is 6.92. The van der Waals surface area contributed by atoms with Crippen LogP contribution in [-0.4, -0.2) is 29.6 Å². The summed E-state index contributed by atoms with van der Waals surface area (Å²) < 4.78 is 17.2. The van der Waals surface area contributed by atoms with Gasteiger partial charge in [-0.2, -0.15) is 0 Å². The van der Waals surface area contributed by atoms with Crippen LogP contribution in [0.15, 0.2) is 52.0 Å². The Kier molecular flexibility index (Phi) is 10.3. The Hall–Kier alpha value is -2.82. The Morgan fingerprint density at radius 2 is 1.78 bits per heavy atom. The molecule has 0 saturated carbocycles. The first kappa shape index (κ1) is 25.4. The molecule has 3 aromatic rings. The number of oxazole rings is 1. The van der Waals surface area contributed by atoms with E-state index in [-0.39, 0.29) is 24.0 Å². The average Bonchev–Trinajstić information content (AvgIpc) is 3.11. The molecule has 0 fully saturated rings. The summed E-state index contributed by atoms with van der Waals surface area (Å²) in [6.45, 7) is 7.52. The predicted molar refractivity (Wildman–Crippen MR) is 135 cm³/mol. The molecule has 2 aromatic heterocycles. The standard InChI is InChI=1S/C23H29N5O3.HI/c1-5-13-29-19-8-10-20(11-9-19)31-22-18(7-6-12-25-22)14-26-23(24-4)27-15-21-28-16(2)17(3)30-21;/h6-12H,5,13-15H2,1-4H3,(H2,24,26,27);1H. The van der Waals surface area contributed by atoms with Gasteiger partial charge in [0.15, 0.2) is 5.96 Å². The number of aromatic nitrogens is 2. The maximum Gasteiger partial charge on any atom is 0.224 e.